The molecule has 3 rings (SSSR count). The monoisotopic (exact) mass is 412 g/mol. The molecule has 0 unspecified atom stereocenters. The fourth-order valence-corrected chi connectivity index (χ4v) is 3.39. The molecule has 0 saturated carbocycles. The van der Waals surface area contributed by atoms with Gasteiger partial charge in [-0.15, -0.1) is 0 Å². The van der Waals surface area contributed by atoms with Crippen molar-refractivity contribution in [3.05, 3.63) is 73.8 Å². The largest absolute Gasteiger partial charge is 0.339 e. The molecule has 1 aliphatic rings. The number of hydrogen-bond acceptors (Lipinski definition) is 6. The maximum Gasteiger partial charge on any atom is 0.289 e. The molecule has 2 aromatic carbocycles. The standard InChI is InChI=1S/C20H20N4O6/c25-19(16-10-9-14(23(27)28)13-18(16)24(29)30)21-17-8-4-3-7-15(17)20(26)22-11-5-1-2-6-12-22/h3-4,7-10,13H,1-2,5-6,11-12H2,(H,21,25). The highest BCUT2D eigenvalue weighted by molar-refractivity contribution is 6.10. The maximum absolute atomic E-state index is 13.0. The molecule has 0 radical (unpaired) electrons. The number of likely N-dealkylation sites (tertiary alicyclic amines) is 1. The van der Waals surface area contributed by atoms with Gasteiger partial charge >= 0.3 is 0 Å². The summed E-state index contributed by atoms with van der Waals surface area (Å²) in [6.07, 6.45) is 3.95. The van der Waals surface area contributed by atoms with Gasteiger partial charge in [0, 0.05) is 19.2 Å². The fraction of sp³-hybridized carbons (Fsp3) is 0.300. The Morgan fingerprint density at radius 1 is 0.867 bits per heavy atom. The van der Waals surface area contributed by atoms with E-state index in [2.05, 4.69) is 5.32 Å². The van der Waals surface area contributed by atoms with Crippen LogP contribution >= 0.6 is 0 Å². The highest BCUT2D eigenvalue weighted by Gasteiger charge is 2.26. The first-order valence-corrected chi connectivity index (χ1v) is 9.51. The molecule has 30 heavy (non-hydrogen) atoms. The molecule has 0 atom stereocenters. The fourth-order valence-electron chi connectivity index (χ4n) is 3.39. The molecule has 1 fully saturated rings. The van der Waals surface area contributed by atoms with E-state index in [9.17, 15) is 29.8 Å². The van der Waals surface area contributed by atoms with Gasteiger partial charge in [-0.25, -0.2) is 0 Å². The van der Waals surface area contributed by atoms with Gasteiger partial charge in [0.05, 0.1) is 27.2 Å². The van der Waals surface area contributed by atoms with Gasteiger partial charge in [0.1, 0.15) is 5.56 Å². The Morgan fingerprint density at radius 3 is 2.17 bits per heavy atom. The summed E-state index contributed by atoms with van der Waals surface area (Å²) in [6.45, 7) is 1.27. The van der Waals surface area contributed by atoms with Gasteiger partial charge in [-0.2, -0.15) is 0 Å². The van der Waals surface area contributed by atoms with E-state index in [0.717, 1.165) is 43.9 Å². The first kappa shape index (κ1) is 20.9. The molecule has 0 aliphatic carbocycles. The van der Waals surface area contributed by atoms with Gasteiger partial charge < -0.3 is 10.2 Å². The summed E-state index contributed by atoms with van der Waals surface area (Å²) in [5.74, 6) is -1.04. The SMILES string of the molecule is O=C(Nc1ccccc1C(=O)N1CCCCCC1)c1ccc([N+](=O)[O-])cc1[N+](=O)[O-]. The quantitative estimate of drug-likeness (QED) is 0.586. The second kappa shape index (κ2) is 9.12. The lowest BCUT2D eigenvalue weighted by molar-refractivity contribution is -0.394. The lowest BCUT2D eigenvalue weighted by atomic mass is 10.1. The predicted molar refractivity (Wildman–Crippen MR) is 109 cm³/mol. The molecule has 0 spiro atoms. The molecular formula is C20H20N4O6. The number of carbonyl (C=O) groups excluding carboxylic acids is 2. The topological polar surface area (TPSA) is 136 Å². The molecule has 156 valence electrons. The summed E-state index contributed by atoms with van der Waals surface area (Å²) in [4.78, 5) is 48.0. The minimum atomic E-state index is -0.851. The van der Waals surface area contributed by atoms with Crippen molar-refractivity contribution in [2.75, 3.05) is 18.4 Å². The average molecular weight is 412 g/mol. The third-order valence-electron chi connectivity index (χ3n) is 4.93. The number of hydrogen-bond donors (Lipinski definition) is 1. The predicted octanol–water partition coefficient (Wildman–Crippen LogP) is 3.77. The molecule has 0 bridgehead atoms. The van der Waals surface area contributed by atoms with E-state index in [4.69, 9.17) is 0 Å². The molecule has 10 heteroatoms. The summed E-state index contributed by atoms with van der Waals surface area (Å²) in [6, 6.07) is 9.24. The Bertz CT molecular complexity index is 999. The third-order valence-corrected chi connectivity index (χ3v) is 4.93. The number of nitro benzene ring substituents is 2. The zero-order valence-electron chi connectivity index (χ0n) is 16.1. The van der Waals surface area contributed by atoms with Crippen LogP contribution in [0.1, 0.15) is 46.4 Å². The Kier molecular flexibility index (Phi) is 6.35. The number of carbonyl (C=O) groups is 2. The first-order chi connectivity index (χ1) is 14.4. The summed E-state index contributed by atoms with van der Waals surface area (Å²) >= 11 is 0. The van der Waals surface area contributed by atoms with E-state index in [-0.39, 0.29) is 22.7 Å². The van der Waals surface area contributed by atoms with Crippen LogP contribution in [0, 0.1) is 20.2 Å². The van der Waals surface area contributed by atoms with Gasteiger partial charge in [0.25, 0.3) is 23.2 Å². The van der Waals surface area contributed by atoms with Crippen molar-refractivity contribution in [2.45, 2.75) is 25.7 Å². The average Bonchev–Trinajstić information content (AvgIpc) is 3.02. The van der Waals surface area contributed by atoms with E-state index in [1.807, 2.05) is 0 Å². The number of amides is 2. The summed E-state index contributed by atoms with van der Waals surface area (Å²) in [5, 5.41) is 24.7. The summed E-state index contributed by atoms with van der Waals surface area (Å²) in [5.41, 5.74) is -0.989. The molecule has 2 aromatic rings. The van der Waals surface area contributed by atoms with Gasteiger partial charge in [-0.3, -0.25) is 29.8 Å². The normalized spacial score (nSPS) is 13.9. The second-order valence-electron chi connectivity index (χ2n) is 6.92. The number of benzene rings is 2. The summed E-state index contributed by atoms with van der Waals surface area (Å²) in [7, 11) is 0. The Labute approximate surface area is 171 Å². The number of nitro groups is 2. The van der Waals surface area contributed by atoms with Gasteiger partial charge in [-0.05, 0) is 31.0 Å². The molecule has 0 aromatic heterocycles. The number of non-ortho nitro benzene ring substituents is 1. The first-order valence-electron chi connectivity index (χ1n) is 9.51. The highest BCUT2D eigenvalue weighted by atomic mass is 16.6. The van der Waals surface area contributed by atoms with E-state index in [1.165, 1.54) is 0 Å². The number of anilines is 1. The smallest absolute Gasteiger partial charge is 0.289 e. The van der Waals surface area contributed by atoms with Crippen molar-refractivity contribution in [1.29, 1.82) is 0 Å². The molecule has 10 nitrogen and oxygen atoms in total. The molecule has 1 aliphatic heterocycles. The van der Waals surface area contributed by atoms with E-state index in [0.29, 0.717) is 13.1 Å². The lowest BCUT2D eigenvalue weighted by Crippen LogP contribution is -2.32. The van der Waals surface area contributed by atoms with E-state index < -0.39 is 27.1 Å². The van der Waals surface area contributed by atoms with Crippen LogP contribution < -0.4 is 5.32 Å². The third kappa shape index (κ3) is 4.59. The molecule has 1 heterocycles. The second-order valence-corrected chi connectivity index (χ2v) is 6.92. The van der Waals surface area contributed by atoms with Crippen LogP contribution in [0.25, 0.3) is 0 Å². The Hall–Kier alpha value is -3.82. The maximum atomic E-state index is 13.0. The van der Waals surface area contributed by atoms with Crippen LogP contribution in [0.4, 0.5) is 17.1 Å². The lowest BCUT2D eigenvalue weighted by Gasteiger charge is -2.22. The van der Waals surface area contributed by atoms with Crippen LogP contribution in [-0.2, 0) is 0 Å². The van der Waals surface area contributed by atoms with Crippen LogP contribution in [0.15, 0.2) is 42.5 Å². The van der Waals surface area contributed by atoms with Crippen LogP contribution in [0.2, 0.25) is 0 Å². The van der Waals surface area contributed by atoms with Crippen molar-refractivity contribution in [1.82, 2.24) is 4.90 Å². The van der Waals surface area contributed by atoms with Gasteiger partial charge in [-0.1, -0.05) is 25.0 Å². The van der Waals surface area contributed by atoms with Crippen molar-refractivity contribution in [3.8, 4) is 0 Å². The zero-order chi connectivity index (χ0) is 21.7. The minimum Gasteiger partial charge on any atom is -0.339 e. The molecule has 1 saturated heterocycles. The zero-order valence-corrected chi connectivity index (χ0v) is 16.1. The highest BCUT2D eigenvalue weighted by Crippen LogP contribution is 2.27. The summed E-state index contributed by atoms with van der Waals surface area (Å²) < 4.78 is 0. The Balaban J connectivity index is 1.88. The van der Waals surface area contributed by atoms with Crippen LogP contribution in [0.5, 0.6) is 0 Å². The van der Waals surface area contributed by atoms with Crippen molar-refractivity contribution in [2.24, 2.45) is 0 Å². The number of rotatable bonds is 5. The van der Waals surface area contributed by atoms with Gasteiger partial charge in [0.15, 0.2) is 0 Å². The van der Waals surface area contributed by atoms with Crippen molar-refractivity contribution >= 4 is 28.9 Å². The van der Waals surface area contributed by atoms with Crippen molar-refractivity contribution < 1.29 is 19.4 Å². The Morgan fingerprint density at radius 2 is 1.53 bits per heavy atom. The molecule has 2 amide bonds. The number of para-hydroxylation sites is 1. The van der Waals surface area contributed by atoms with Gasteiger partial charge in [0.2, 0.25) is 0 Å². The minimum absolute atomic E-state index is 0.217. The number of nitrogens with one attached hydrogen (secondary N) is 1. The van der Waals surface area contributed by atoms with E-state index in [1.54, 1.807) is 29.2 Å². The molecular weight excluding hydrogens is 392 g/mol. The number of nitrogens with zero attached hydrogens (tertiary/aromatic N) is 3. The van der Waals surface area contributed by atoms with E-state index >= 15 is 0 Å². The van der Waals surface area contributed by atoms with Crippen LogP contribution in [0.3, 0.4) is 0 Å². The molecule has 1 N–H and O–H groups in total. The van der Waals surface area contributed by atoms with Crippen LogP contribution in [-0.4, -0.2) is 39.7 Å². The van der Waals surface area contributed by atoms with Crippen molar-refractivity contribution in [3.63, 3.8) is 0 Å².